The molecule has 156 valence electrons. The van der Waals surface area contributed by atoms with Gasteiger partial charge in [0.25, 0.3) is 11.8 Å². The van der Waals surface area contributed by atoms with Crippen molar-refractivity contribution < 1.29 is 19.1 Å². The van der Waals surface area contributed by atoms with Crippen LogP contribution in [0.5, 0.6) is 11.5 Å². The van der Waals surface area contributed by atoms with Crippen LogP contribution in [-0.4, -0.2) is 35.3 Å². The van der Waals surface area contributed by atoms with Crippen LogP contribution < -0.4 is 20.5 Å². The van der Waals surface area contributed by atoms with E-state index in [2.05, 4.69) is 10.4 Å². The number of benzene rings is 2. The highest BCUT2D eigenvalue weighted by Gasteiger charge is 2.19. The summed E-state index contributed by atoms with van der Waals surface area (Å²) in [5.74, 6) is -0.154. The SMILES string of the molecule is COc1ccc(NC(=O)c2c(C)nn(Cc3ccccc3)c2C)cc1OCC(N)=O. The van der Waals surface area contributed by atoms with Crippen molar-refractivity contribution in [1.82, 2.24) is 9.78 Å². The Labute approximate surface area is 174 Å². The number of methoxy groups -OCH3 is 1. The average Bonchev–Trinajstić information content (AvgIpc) is 3.00. The summed E-state index contributed by atoms with van der Waals surface area (Å²) in [4.78, 5) is 23.9. The van der Waals surface area contributed by atoms with Crippen LogP contribution in [0.2, 0.25) is 0 Å². The lowest BCUT2D eigenvalue weighted by atomic mass is 10.1. The fraction of sp³-hybridized carbons (Fsp3) is 0.227. The third kappa shape index (κ3) is 4.78. The number of rotatable bonds is 8. The number of nitrogens with one attached hydrogen (secondary N) is 1. The van der Waals surface area contributed by atoms with Gasteiger partial charge in [-0.25, -0.2) is 0 Å². The molecular formula is C22H24N4O4. The maximum Gasteiger partial charge on any atom is 0.259 e. The molecule has 3 rings (SSSR count). The van der Waals surface area contributed by atoms with Crippen molar-refractivity contribution >= 4 is 17.5 Å². The van der Waals surface area contributed by atoms with Gasteiger partial charge in [0.2, 0.25) is 0 Å². The van der Waals surface area contributed by atoms with E-state index in [9.17, 15) is 9.59 Å². The first-order valence-corrected chi connectivity index (χ1v) is 9.37. The Morgan fingerprint density at radius 1 is 1.10 bits per heavy atom. The van der Waals surface area contributed by atoms with Gasteiger partial charge in [0, 0.05) is 17.4 Å². The Morgan fingerprint density at radius 3 is 2.50 bits per heavy atom. The van der Waals surface area contributed by atoms with E-state index < -0.39 is 5.91 Å². The highest BCUT2D eigenvalue weighted by atomic mass is 16.5. The van der Waals surface area contributed by atoms with E-state index in [0.717, 1.165) is 11.3 Å². The zero-order valence-corrected chi connectivity index (χ0v) is 17.1. The van der Waals surface area contributed by atoms with Gasteiger partial charge in [0.1, 0.15) is 0 Å². The minimum Gasteiger partial charge on any atom is -0.493 e. The van der Waals surface area contributed by atoms with Crippen LogP contribution in [0.4, 0.5) is 5.69 Å². The Morgan fingerprint density at radius 2 is 1.83 bits per heavy atom. The lowest BCUT2D eigenvalue weighted by Crippen LogP contribution is -2.20. The van der Waals surface area contributed by atoms with Gasteiger partial charge in [-0.15, -0.1) is 0 Å². The molecule has 0 aliphatic rings. The number of aryl methyl sites for hydroxylation is 1. The van der Waals surface area contributed by atoms with E-state index in [1.54, 1.807) is 25.1 Å². The second kappa shape index (κ2) is 9.13. The lowest BCUT2D eigenvalue weighted by molar-refractivity contribution is -0.119. The van der Waals surface area contributed by atoms with E-state index >= 15 is 0 Å². The van der Waals surface area contributed by atoms with E-state index in [1.165, 1.54) is 7.11 Å². The molecule has 2 amide bonds. The van der Waals surface area contributed by atoms with Crippen molar-refractivity contribution in [2.75, 3.05) is 19.0 Å². The maximum atomic E-state index is 12.9. The normalized spacial score (nSPS) is 10.5. The number of anilines is 1. The van der Waals surface area contributed by atoms with Crippen LogP contribution in [0.1, 0.15) is 27.3 Å². The summed E-state index contributed by atoms with van der Waals surface area (Å²) in [5.41, 5.74) is 8.65. The van der Waals surface area contributed by atoms with Crippen LogP contribution in [0.15, 0.2) is 48.5 Å². The van der Waals surface area contributed by atoms with E-state index in [0.29, 0.717) is 35.0 Å². The minimum absolute atomic E-state index is 0.282. The predicted octanol–water partition coefficient (Wildman–Crippen LogP) is 2.67. The molecule has 0 atom stereocenters. The molecular weight excluding hydrogens is 384 g/mol. The van der Waals surface area contributed by atoms with Crippen LogP contribution in [0, 0.1) is 13.8 Å². The zero-order valence-electron chi connectivity index (χ0n) is 17.1. The van der Waals surface area contributed by atoms with Crippen molar-refractivity contribution in [3.63, 3.8) is 0 Å². The quantitative estimate of drug-likeness (QED) is 0.596. The van der Waals surface area contributed by atoms with E-state index in [4.69, 9.17) is 15.2 Å². The Hall–Kier alpha value is -3.81. The van der Waals surface area contributed by atoms with Crippen LogP contribution in [-0.2, 0) is 11.3 Å². The summed E-state index contributed by atoms with van der Waals surface area (Å²) in [5, 5.41) is 7.37. The maximum absolute atomic E-state index is 12.9. The number of nitrogens with zero attached hydrogens (tertiary/aromatic N) is 2. The molecule has 0 spiro atoms. The lowest BCUT2D eigenvalue weighted by Gasteiger charge is -2.12. The molecule has 0 fully saturated rings. The molecule has 1 aromatic heterocycles. The average molecular weight is 408 g/mol. The second-order valence-electron chi connectivity index (χ2n) is 6.76. The number of amides is 2. The van der Waals surface area contributed by atoms with Crippen LogP contribution in [0.3, 0.4) is 0 Å². The van der Waals surface area contributed by atoms with Crippen molar-refractivity contribution in [3.8, 4) is 11.5 Å². The molecule has 3 N–H and O–H groups in total. The topological polar surface area (TPSA) is 108 Å². The summed E-state index contributed by atoms with van der Waals surface area (Å²) < 4.78 is 12.4. The number of nitrogens with two attached hydrogens (primary N) is 1. The number of ether oxygens (including phenoxy) is 2. The van der Waals surface area contributed by atoms with Crippen LogP contribution in [0.25, 0.3) is 0 Å². The second-order valence-corrected chi connectivity index (χ2v) is 6.76. The molecule has 0 radical (unpaired) electrons. The minimum atomic E-state index is -0.608. The number of aromatic nitrogens is 2. The Balaban J connectivity index is 1.80. The first kappa shape index (κ1) is 20.9. The number of carbonyl (C=O) groups is 2. The largest absolute Gasteiger partial charge is 0.493 e. The molecule has 0 aliphatic carbocycles. The molecule has 2 aromatic carbocycles. The third-order valence-corrected chi connectivity index (χ3v) is 4.58. The van der Waals surface area contributed by atoms with E-state index in [-0.39, 0.29) is 12.5 Å². The Kier molecular flexibility index (Phi) is 6.36. The van der Waals surface area contributed by atoms with Gasteiger partial charge in [-0.3, -0.25) is 14.3 Å². The molecule has 0 saturated heterocycles. The molecule has 8 nitrogen and oxygen atoms in total. The number of carbonyl (C=O) groups excluding carboxylic acids is 2. The first-order chi connectivity index (χ1) is 14.4. The van der Waals surface area contributed by atoms with Crippen molar-refractivity contribution in [3.05, 3.63) is 71.0 Å². The third-order valence-electron chi connectivity index (χ3n) is 4.58. The Bertz CT molecular complexity index is 1060. The standard InChI is InChI=1S/C22H24N4O4/c1-14-21(15(2)26(25-14)12-16-7-5-4-6-8-16)22(28)24-17-9-10-18(29-3)19(11-17)30-13-20(23)27/h4-11H,12-13H2,1-3H3,(H2,23,27)(H,24,28). The molecule has 8 heteroatoms. The van der Waals surface area contributed by atoms with E-state index in [1.807, 2.05) is 41.9 Å². The molecule has 30 heavy (non-hydrogen) atoms. The summed E-state index contributed by atoms with van der Waals surface area (Å²) >= 11 is 0. The predicted molar refractivity (Wildman–Crippen MR) is 113 cm³/mol. The van der Waals surface area contributed by atoms with Gasteiger partial charge in [-0.1, -0.05) is 30.3 Å². The smallest absolute Gasteiger partial charge is 0.259 e. The molecule has 0 saturated carbocycles. The number of primary amides is 1. The van der Waals surface area contributed by atoms with Gasteiger partial charge in [0.05, 0.1) is 24.9 Å². The number of hydrogen-bond donors (Lipinski definition) is 2. The molecule has 0 unspecified atom stereocenters. The summed E-state index contributed by atoms with van der Waals surface area (Å²) in [6.45, 7) is 3.96. The number of hydrogen-bond acceptors (Lipinski definition) is 5. The summed E-state index contributed by atoms with van der Waals surface area (Å²) in [6, 6.07) is 14.8. The van der Waals surface area contributed by atoms with Gasteiger partial charge in [-0.05, 0) is 31.5 Å². The van der Waals surface area contributed by atoms with Crippen molar-refractivity contribution in [2.24, 2.45) is 5.73 Å². The summed E-state index contributed by atoms with van der Waals surface area (Å²) in [7, 11) is 1.48. The fourth-order valence-corrected chi connectivity index (χ4v) is 3.15. The van der Waals surface area contributed by atoms with Crippen LogP contribution >= 0.6 is 0 Å². The monoisotopic (exact) mass is 408 g/mol. The molecule has 1 heterocycles. The van der Waals surface area contributed by atoms with Gasteiger partial charge >= 0.3 is 0 Å². The van der Waals surface area contributed by atoms with Gasteiger partial charge < -0.3 is 20.5 Å². The molecule has 0 bridgehead atoms. The molecule has 0 aliphatic heterocycles. The molecule has 3 aromatic rings. The highest BCUT2D eigenvalue weighted by molar-refractivity contribution is 6.06. The zero-order chi connectivity index (χ0) is 21.7. The highest BCUT2D eigenvalue weighted by Crippen LogP contribution is 2.30. The first-order valence-electron chi connectivity index (χ1n) is 9.37. The van der Waals surface area contributed by atoms with Gasteiger partial charge in [0.15, 0.2) is 18.1 Å². The fourth-order valence-electron chi connectivity index (χ4n) is 3.15. The van der Waals surface area contributed by atoms with Gasteiger partial charge in [-0.2, -0.15) is 5.10 Å². The van der Waals surface area contributed by atoms with Crippen molar-refractivity contribution in [1.29, 1.82) is 0 Å². The summed E-state index contributed by atoms with van der Waals surface area (Å²) in [6.07, 6.45) is 0. The van der Waals surface area contributed by atoms with Crippen molar-refractivity contribution in [2.45, 2.75) is 20.4 Å².